The van der Waals surface area contributed by atoms with Gasteiger partial charge in [0.25, 0.3) is 0 Å². The number of rotatable bonds is 3. The van der Waals surface area contributed by atoms with Crippen molar-refractivity contribution in [1.82, 2.24) is 4.57 Å². The van der Waals surface area contributed by atoms with Gasteiger partial charge in [-0.1, -0.05) is 140 Å². The van der Waals surface area contributed by atoms with Crippen molar-refractivity contribution in [3.05, 3.63) is 193 Å². The predicted molar refractivity (Wildman–Crippen MR) is 218 cm³/mol. The third-order valence-electron chi connectivity index (χ3n) is 11.5. The van der Waals surface area contributed by atoms with Gasteiger partial charge in [0, 0.05) is 48.0 Å². The molecule has 0 aliphatic heterocycles. The van der Waals surface area contributed by atoms with Crippen LogP contribution in [0, 0.1) is 0 Å². The molecule has 2 unspecified atom stereocenters. The zero-order valence-corrected chi connectivity index (χ0v) is 29.0. The molecule has 9 aromatic rings. The molecule has 2 heterocycles. The summed E-state index contributed by atoms with van der Waals surface area (Å²) in [6.45, 7) is 2.42. The standard InChI is InChI=1S/C49H33NS/c1-49-30-34(22-25-43(49)38-17-6-5-16-36(38)37-18-7-9-20-42(37)49)32-13-11-12-31(28-32)33-23-26-44-41(29-33)47-45(50(44)35-14-3-2-4-15-35)27-24-40-39-19-8-10-21-46(39)51-48(40)47/h2-30,43H,1H3. The molecule has 7 aromatic carbocycles. The maximum Gasteiger partial charge on any atom is 0.0555 e. The van der Waals surface area contributed by atoms with Crippen molar-refractivity contribution in [2.75, 3.05) is 0 Å². The van der Waals surface area contributed by atoms with Crippen molar-refractivity contribution in [2.45, 2.75) is 18.3 Å². The van der Waals surface area contributed by atoms with E-state index in [0.717, 1.165) is 0 Å². The Morgan fingerprint density at radius 1 is 0.569 bits per heavy atom. The third-order valence-corrected chi connectivity index (χ3v) is 12.7. The van der Waals surface area contributed by atoms with Gasteiger partial charge in [0.2, 0.25) is 0 Å². The molecule has 2 aromatic heterocycles. The highest BCUT2D eigenvalue weighted by Gasteiger charge is 2.42. The van der Waals surface area contributed by atoms with E-state index in [9.17, 15) is 0 Å². The van der Waals surface area contributed by atoms with Crippen LogP contribution in [0.3, 0.4) is 0 Å². The normalized spacial score (nSPS) is 17.8. The first kappa shape index (κ1) is 28.8. The van der Waals surface area contributed by atoms with Gasteiger partial charge in [0.05, 0.1) is 11.0 Å². The van der Waals surface area contributed by atoms with E-state index in [1.807, 2.05) is 11.3 Å². The summed E-state index contributed by atoms with van der Waals surface area (Å²) in [4.78, 5) is 0. The Morgan fingerprint density at radius 2 is 1.31 bits per heavy atom. The van der Waals surface area contributed by atoms with Gasteiger partial charge in [-0.2, -0.15) is 0 Å². The fourth-order valence-corrected chi connectivity index (χ4v) is 10.4. The van der Waals surface area contributed by atoms with Crippen molar-refractivity contribution < 1.29 is 0 Å². The first-order valence-corrected chi connectivity index (χ1v) is 18.6. The summed E-state index contributed by atoms with van der Waals surface area (Å²) in [5, 5.41) is 5.28. The molecule has 2 atom stereocenters. The lowest BCUT2D eigenvalue weighted by Crippen LogP contribution is -2.33. The molecular formula is C49H33NS. The molecule has 0 saturated heterocycles. The number of hydrogen-bond acceptors (Lipinski definition) is 1. The number of nitrogens with zero attached hydrogens (tertiary/aromatic N) is 1. The molecule has 0 bridgehead atoms. The van der Waals surface area contributed by atoms with Gasteiger partial charge in [-0.3, -0.25) is 0 Å². The highest BCUT2D eigenvalue weighted by atomic mass is 32.1. The second-order valence-electron chi connectivity index (χ2n) is 14.3. The number of thiophene rings is 1. The molecule has 0 radical (unpaired) electrons. The van der Waals surface area contributed by atoms with E-state index < -0.39 is 0 Å². The Labute approximate surface area is 301 Å². The van der Waals surface area contributed by atoms with E-state index in [2.05, 4.69) is 187 Å². The minimum Gasteiger partial charge on any atom is -0.309 e. The number of benzene rings is 7. The Morgan fingerprint density at radius 3 is 2.24 bits per heavy atom. The van der Waals surface area contributed by atoms with Crippen LogP contribution in [-0.2, 0) is 5.41 Å². The summed E-state index contributed by atoms with van der Waals surface area (Å²) in [6, 6.07) is 58.4. The number of para-hydroxylation sites is 1. The Kier molecular flexibility index (Phi) is 6.09. The molecule has 0 fully saturated rings. The fourth-order valence-electron chi connectivity index (χ4n) is 9.11. The Hall–Kier alpha value is -5.96. The second kappa shape index (κ2) is 10.8. The zero-order chi connectivity index (χ0) is 33.7. The van der Waals surface area contributed by atoms with Gasteiger partial charge in [-0.05, 0) is 87.0 Å². The molecule has 2 aliphatic carbocycles. The number of fused-ring (bicyclic) bond motifs is 13. The molecule has 2 heteroatoms. The van der Waals surface area contributed by atoms with E-state index in [1.54, 1.807) is 0 Å². The van der Waals surface area contributed by atoms with Crippen molar-refractivity contribution in [3.63, 3.8) is 0 Å². The van der Waals surface area contributed by atoms with Crippen molar-refractivity contribution >= 4 is 58.9 Å². The number of aromatic nitrogens is 1. The van der Waals surface area contributed by atoms with E-state index in [-0.39, 0.29) is 5.41 Å². The number of hydrogen-bond donors (Lipinski definition) is 0. The summed E-state index contributed by atoms with van der Waals surface area (Å²) in [5.41, 5.74) is 14.0. The smallest absolute Gasteiger partial charge is 0.0555 e. The van der Waals surface area contributed by atoms with Crippen molar-refractivity contribution in [1.29, 1.82) is 0 Å². The maximum absolute atomic E-state index is 2.53. The van der Waals surface area contributed by atoms with Crippen molar-refractivity contribution in [2.24, 2.45) is 0 Å². The summed E-state index contributed by atoms with van der Waals surface area (Å²) in [7, 11) is 0. The van der Waals surface area contributed by atoms with Gasteiger partial charge in [0.1, 0.15) is 0 Å². The van der Waals surface area contributed by atoms with Gasteiger partial charge < -0.3 is 4.57 Å². The summed E-state index contributed by atoms with van der Waals surface area (Å²) < 4.78 is 5.12. The van der Waals surface area contributed by atoms with Crippen LogP contribution in [0.25, 0.3) is 75.5 Å². The van der Waals surface area contributed by atoms with Crippen LogP contribution < -0.4 is 0 Å². The molecule has 2 aliphatic rings. The van der Waals surface area contributed by atoms with Gasteiger partial charge in [0.15, 0.2) is 0 Å². The zero-order valence-electron chi connectivity index (χ0n) is 28.2. The Bertz CT molecular complexity index is 2940. The lowest BCUT2D eigenvalue weighted by atomic mass is 9.60. The topological polar surface area (TPSA) is 4.93 Å². The van der Waals surface area contributed by atoms with E-state index in [0.29, 0.717) is 5.92 Å². The van der Waals surface area contributed by atoms with Crippen LogP contribution in [0.5, 0.6) is 0 Å². The minimum absolute atomic E-state index is 0.140. The van der Waals surface area contributed by atoms with Crippen LogP contribution in [0.15, 0.2) is 176 Å². The van der Waals surface area contributed by atoms with Crippen molar-refractivity contribution in [3.8, 4) is 27.9 Å². The average Bonchev–Trinajstić information content (AvgIpc) is 3.74. The largest absolute Gasteiger partial charge is 0.309 e. The van der Waals surface area contributed by atoms with Crippen LogP contribution in [0.1, 0.15) is 29.5 Å². The summed E-state index contributed by atoms with van der Waals surface area (Å²) in [5.74, 6) is 0.297. The first-order valence-electron chi connectivity index (χ1n) is 17.8. The summed E-state index contributed by atoms with van der Waals surface area (Å²) >= 11 is 1.91. The minimum atomic E-state index is -0.140. The first-order chi connectivity index (χ1) is 25.2. The molecular weight excluding hydrogens is 635 g/mol. The number of allylic oxidation sites excluding steroid dienone is 4. The monoisotopic (exact) mass is 667 g/mol. The van der Waals surface area contributed by atoms with E-state index in [1.165, 1.54) is 92.2 Å². The molecule has 0 saturated carbocycles. The van der Waals surface area contributed by atoms with E-state index in [4.69, 9.17) is 0 Å². The lowest BCUT2D eigenvalue weighted by Gasteiger charge is -2.43. The second-order valence-corrected chi connectivity index (χ2v) is 15.3. The van der Waals surface area contributed by atoms with Gasteiger partial charge in [-0.25, -0.2) is 0 Å². The van der Waals surface area contributed by atoms with Crippen LogP contribution in [0.2, 0.25) is 0 Å². The van der Waals surface area contributed by atoms with E-state index >= 15 is 0 Å². The van der Waals surface area contributed by atoms with Gasteiger partial charge >= 0.3 is 0 Å². The lowest BCUT2D eigenvalue weighted by molar-refractivity contribution is 0.521. The fraction of sp³-hybridized carbons (Fsp3) is 0.0612. The molecule has 240 valence electrons. The SMILES string of the molecule is CC12C=C(c3cccc(-c4ccc5c(c4)c4c6sc7ccccc7c6ccc4n5-c4ccccc4)c3)C=CC1c1ccccc1-c1ccccc12. The molecule has 51 heavy (non-hydrogen) atoms. The van der Waals surface area contributed by atoms with Crippen LogP contribution in [-0.4, -0.2) is 4.57 Å². The third kappa shape index (κ3) is 4.14. The quantitative estimate of drug-likeness (QED) is 0.177. The summed E-state index contributed by atoms with van der Waals surface area (Å²) in [6.07, 6.45) is 7.32. The highest BCUT2D eigenvalue weighted by Crippen LogP contribution is 2.54. The van der Waals surface area contributed by atoms with Crippen LogP contribution >= 0.6 is 11.3 Å². The average molecular weight is 668 g/mol. The molecule has 0 spiro atoms. The molecule has 1 nitrogen and oxygen atoms in total. The predicted octanol–water partition coefficient (Wildman–Crippen LogP) is 13.5. The highest BCUT2D eigenvalue weighted by molar-refractivity contribution is 7.26. The van der Waals surface area contributed by atoms with Crippen LogP contribution in [0.4, 0.5) is 0 Å². The molecule has 0 N–H and O–H groups in total. The molecule has 0 amide bonds. The van der Waals surface area contributed by atoms with Gasteiger partial charge in [-0.15, -0.1) is 11.3 Å². The Balaban J connectivity index is 1.08. The molecule has 11 rings (SSSR count). The maximum atomic E-state index is 2.53.